The van der Waals surface area contributed by atoms with Gasteiger partial charge in [0.15, 0.2) is 0 Å². The highest BCUT2D eigenvalue weighted by molar-refractivity contribution is 6.11. The van der Waals surface area contributed by atoms with E-state index in [1.54, 1.807) is 0 Å². The number of hydrogen-bond acceptors (Lipinski definition) is 3. The van der Waals surface area contributed by atoms with Crippen LogP contribution in [-0.4, -0.2) is 14.5 Å². The van der Waals surface area contributed by atoms with Crippen LogP contribution in [0.1, 0.15) is 11.1 Å². The first kappa shape index (κ1) is 28.0. The highest BCUT2D eigenvalue weighted by Gasteiger charge is 2.19. The molecule has 0 saturated carbocycles. The van der Waals surface area contributed by atoms with Crippen molar-refractivity contribution in [2.24, 2.45) is 0 Å². The molecule has 4 heteroatoms. The molecule has 0 aliphatic rings. The molecule has 9 rings (SSSR count). The van der Waals surface area contributed by atoms with Crippen LogP contribution in [0.25, 0.3) is 60.6 Å². The van der Waals surface area contributed by atoms with Gasteiger partial charge in [0.2, 0.25) is 0 Å². The topological polar surface area (TPSA) is 34.0 Å². The molecule has 9 aromatic rings. The van der Waals surface area contributed by atoms with E-state index in [4.69, 9.17) is 4.98 Å². The van der Waals surface area contributed by atoms with Crippen molar-refractivity contribution < 1.29 is 0 Å². The lowest BCUT2D eigenvalue weighted by Gasteiger charge is -2.25. The summed E-state index contributed by atoms with van der Waals surface area (Å²) in [7, 11) is 0. The third-order valence-corrected chi connectivity index (χ3v) is 9.41. The number of aryl methyl sites for hydroxylation is 2. The summed E-state index contributed by atoms with van der Waals surface area (Å²) in [5, 5.41) is 4.64. The summed E-state index contributed by atoms with van der Waals surface area (Å²) < 4.78 is 2.40. The number of para-hydroxylation sites is 3. The van der Waals surface area contributed by atoms with Crippen molar-refractivity contribution in [3.8, 4) is 16.9 Å². The number of anilines is 3. The number of aromatic nitrogens is 3. The quantitative estimate of drug-likeness (QED) is 0.180. The lowest BCUT2D eigenvalue weighted by molar-refractivity contribution is 1.16. The van der Waals surface area contributed by atoms with E-state index in [0.29, 0.717) is 0 Å². The smallest absolute Gasteiger partial charge is 0.0972 e. The Kier molecular flexibility index (Phi) is 6.54. The van der Waals surface area contributed by atoms with E-state index in [1.807, 2.05) is 12.3 Å². The lowest BCUT2D eigenvalue weighted by atomic mass is 9.97. The zero-order valence-corrected chi connectivity index (χ0v) is 26.8. The van der Waals surface area contributed by atoms with Crippen LogP contribution in [-0.2, 0) is 0 Å². The molecule has 0 amide bonds. The summed E-state index contributed by atoms with van der Waals surface area (Å²) in [6.07, 6.45) is 1.84. The van der Waals surface area contributed by atoms with Crippen molar-refractivity contribution in [1.29, 1.82) is 0 Å². The Morgan fingerprint density at radius 1 is 0.500 bits per heavy atom. The van der Waals surface area contributed by atoms with Gasteiger partial charge in [-0.1, -0.05) is 78.9 Å². The van der Waals surface area contributed by atoms with Gasteiger partial charge in [0.1, 0.15) is 0 Å². The van der Waals surface area contributed by atoms with Gasteiger partial charge in [-0.05, 0) is 97.8 Å². The molecule has 0 spiro atoms. The van der Waals surface area contributed by atoms with Crippen LogP contribution < -0.4 is 4.90 Å². The summed E-state index contributed by atoms with van der Waals surface area (Å²) in [5.41, 5.74) is 13.3. The van der Waals surface area contributed by atoms with E-state index in [0.717, 1.165) is 55.8 Å². The monoisotopic (exact) mass is 616 g/mol. The van der Waals surface area contributed by atoms with Gasteiger partial charge in [-0.15, -0.1) is 0 Å². The Morgan fingerprint density at radius 2 is 1.12 bits per heavy atom. The van der Waals surface area contributed by atoms with E-state index in [2.05, 4.69) is 174 Å². The number of benzene rings is 6. The predicted molar refractivity (Wildman–Crippen MR) is 201 cm³/mol. The van der Waals surface area contributed by atoms with Crippen molar-refractivity contribution >= 4 is 60.7 Å². The van der Waals surface area contributed by atoms with E-state index in [9.17, 15) is 0 Å². The minimum Gasteiger partial charge on any atom is -0.310 e. The molecular formula is C44H32N4. The molecule has 3 heterocycles. The van der Waals surface area contributed by atoms with Crippen LogP contribution in [0.4, 0.5) is 17.1 Å². The Labute approximate surface area is 279 Å². The Bertz CT molecular complexity index is 2580. The van der Waals surface area contributed by atoms with E-state index >= 15 is 0 Å². The van der Waals surface area contributed by atoms with Crippen LogP contribution in [0.5, 0.6) is 0 Å². The number of hydrogen-bond donors (Lipinski definition) is 0. The second-order valence-corrected chi connectivity index (χ2v) is 12.4. The second kappa shape index (κ2) is 11.2. The van der Waals surface area contributed by atoms with Crippen LogP contribution in [0.3, 0.4) is 0 Å². The highest BCUT2D eigenvalue weighted by Crippen LogP contribution is 2.40. The molecule has 0 aliphatic heterocycles. The van der Waals surface area contributed by atoms with Gasteiger partial charge in [-0.25, -0.2) is 4.98 Å². The third kappa shape index (κ3) is 4.53. The fourth-order valence-corrected chi connectivity index (χ4v) is 7.32. The molecule has 228 valence electrons. The predicted octanol–water partition coefficient (Wildman–Crippen LogP) is 11.6. The average molecular weight is 617 g/mol. The lowest BCUT2D eigenvalue weighted by Crippen LogP contribution is -2.09. The van der Waals surface area contributed by atoms with Crippen molar-refractivity contribution in [2.45, 2.75) is 13.8 Å². The molecule has 4 nitrogen and oxygen atoms in total. The standard InChI is InChI=1S/C44H32N4/c1-29-26-36(27-30(2)42(29)39-23-21-32-20-19-31-12-11-25-45-43(31)44(32)46-39)48-40-18-10-9-17-37(40)38-28-35(22-24-41(38)48)47(33-13-5-3-6-14-33)34-15-7-4-8-16-34/h3-28H,1-2H3. The second-order valence-electron chi connectivity index (χ2n) is 12.4. The molecule has 48 heavy (non-hydrogen) atoms. The average Bonchev–Trinajstić information content (AvgIpc) is 3.46. The first-order valence-electron chi connectivity index (χ1n) is 16.3. The van der Waals surface area contributed by atoms with Crippen molar-refractivity contribution in [3.05, 3.63) is 169 Å². The Hall–Kier alpha value is -6.26. The maximum Gasteiger partial charge on any atom is 0.0972 e. The van der Waals surface area contributed by atoms with Gasteiger partial charge in [0, 0.05) is 56.1 Å². The number of fused-ring (bicyclic) bond motifs is 6. The van der Waals surface area contributed by atoms with Crippen molar-refractivity contribution in [2.75, 3.05) is 4.90 Å². The fourth-order valence-electron chi connectivity index (χ4n) is 7.32. The Balaban J connectivity index is 1.20. The zero-order valence-electron chi connectivity index (χ0n) is 26.8. The first-order chi connectivity index (χ1) is 23.6. The molecule has 0 radical (unpaired) electrons. The highest BCUT2D eigenvalue weighted by atomic mass is 15.1. The number of pyridine rings is 2. The molecule has 0 aliphatic carbocycles. The zero-order chi connectivity index (χ0) is 32.2. The normalized spacial score (nSPS) is 11.5. The molecule has 0 N–H and O–H groups in total. The van der Waals surface area contributed by atoms with Crippen LogP contribution in [0, 0.1) is 13.8 Å². The first-order valence-corrected chi connectivity index (χ1v) is 16.3. The summed E-state index contributed by atoms with van der Waals surface area (Å²) in [4.78, 5) is 12.2. The SMILES string of the molecule is Cc1cc(-n2c3ccccc3c3cc(N(c4ccccc4)c4ccccc4)ccc32)cc(C)c1-c1ccc2ccc3cccnc3c2n1. The van der Waals surface area contributed by atoms with Gasteiger partial charge in [0.25, 0.3) is 0 Å². The largest absolute Gasteiger partial charge is 0.310 e. The van der Waals surface area contributed by atoms with Gasteiger partial charge in [-0.3, -0.25) is 4.98 Å². The molecule has 0 atom stereocenters. The van der Waals surface area contributed by atoms with Crippen molar-refractivity contribution in [1.82, 2.24) is 14.5 Å². The summed E-state index contributed by atoms with van der Waals surface area (Å²) >= 11 is 0. The van der Waals surface area contributed by atoms with Gasteiger partial charge < -0.3 is 9.47 Å². The summed E-state index contributed by atoms with van der Waals surface area (Å²) in [5.74, 6) is 0. The molecule has 3 aromatic heterocycles. The van der Waals surface area contributed by atoms with Crippen LogP contribution in [0.2, 0.25) is 0 Å². The summed E-state index contributed by atoms with van der Waals surface area (Å²) in [6, 6.07) is 53.9. The summed E-state index contributed by atoms with van der Waals surface area (Å²) in [6.45, 7) is 4.39. The van der Waals surface area contributed by atoms with Crippen LogP contribution >= 0.6 is 0 Å². The third-order valence-electron chi connectivity index (χ3n) is 9.41. The van der Waals surface area contributed by atoms with E-state index in [1.165, 1.54) is 32.9 Å². The molecule has 0 unspecified atom stereocenters. The van der Waals surface area contributed by atoms with Crippen LogP contribution in [0.15, 0.2) is 158 Å². The molecule has 0 bridgehead atoms. The number of nitrogens with zero attached hydrogens (tertiary/aromatic N) is 4. The maximum absolute atomic E-state index is 5.19. The molecule has 6 aromatic carbocycles. The van der Waals surface area contributed by atoms with E-state index < -0.39 is 0 Å². The van der Waals surface area contributed by atoms with Crippen molar-refractivity contribution in [3.63, 3.8) is 0 Å². The fraction of sp³-hybridized carbons (Fsp3) is 0.0455. The maximum atomic E-state index is 5.19. The van der Waals surface area contributed by atoms with Gasteiger partial charge in [-0.2, -0.15) is 0 Å². The number of rotatable bonds is 5. The Morgan fingerprint density at radius 3 is 1.85 bits per heavy atom. The molecule has 0 saturated heterocycles. The minimum absolute atomic E-state index is 0.937. The van der Waals surface area contributed by atoms with Gasteiger partial charge in [0.05, 0.1) is 27.8 Å². The molecule has 0 fully saturated rings. The van der Waals surface area contributed by atoms with E-state index in [-0.39, 0.29) is 0 Å². The minimum atomic E-state index is 0.937. The molecular weight excluding hydrogens is 585 g/mol. The van der Waals surface area contributed by atoms with Gasteiger partial charge >= 0.3 is 0 Å².